The number of ether oxygens (including phenoxy) is 1. The standard InChI is InChI=1S/C11H19NO2/c1-3-11(2)5-4-9-8(6-11)12-10(13)7-14-9/h8-9H,3-7H2,1-2H3,(H,12,13). The second kappa shape index (κ2) is 3.54. The maximum atomic E-state index is 11.2. The molecule has 0 aromatic heterocycles. The van der Waals surface area contributed by atoms with Crippen LogP contribution in [0.15, 0.2) is 0 Å². The van der Waals surface area contributed by atoms with Gasteiger partial charge in [0.15, 0.2) is 0 Å². The summed E-state index contributed by atoms with van der Waals surface area (Å²) in [5.74, 6) is 0.0478. The van der Waals surface area contributed by atoms with E-state index in [9.17, 15) is 4.79 Å². The van der Waals surface area contributed by atoms with Gasteiger partial charge >= 0.3 is 0 Å². The lowest BCUT2D eigenvalue weighted by Gasteiger charge is -2.44. The van der Waals surface area contributed by atoms with E-state index >= 15 is 0 Å². The summed E-state index contributed by atoms with van der Waals surface area (Å²) in [5.41, 5.74) is 0.398. The van der Waals surface area contributed by atoms with Crippen LogP contribution in [0.4, 0.5) is 0 Å². The molecule has 1 N–H and O–H groups in total. The smallest absolute Gasteiger partial charge is 0.246 e. The lowest BCUT2D eigenvalue weighted by atomic mass is 9.70. The second-order valence-electron chi connectivity index (χ2n) is 4.93. The highest BCUT2D eigenvalue weighted by Crippen LogP contribution is 2.40. The van der Waals surface area contributed by atoms with E-state index < -0.39 is 0 Å². The third kappa shape index (κ3) is 1.78. The third-order valence-electron chi connectivity index (χ3n) is 3.82. The molecular formula is C11H19NO2. The quantitative estimate of drug-likeness (QED) is 0.691. The van der Waals surface area contributed by atoms with Crippen LogP contribution in [0.2, 0.25) is 0 Å². The Morgan fingerprint density at radius 3 is 3.14 bits per heavy atom. The van der Waals surface area contributed by atoms with Gasteiger partial charge in [-0.25, -0.2) is 0 Å². The average molecular weight is 197 g/mol. The summed E-state index contributed by atoms with van der Waals surface area (Å²) in [4.78, 5) is 11.2. The van der Waals surface area contributed by atoms with Crippen molar-refractivity contribution in [3.05, 3.63) is 0 Å². The summed E-state index contributed by atoms with van der Waals surface area (Å²) in [7, 11) is 0. The Bertz CT molecular complexity index is 241. The first-order valence-electron chi connectivity index (χ1n) is 5.54. The van der Waals surface area contributed by atoms with Crippen molar-refractivity contribution in [3.63, 3.8) is 0 Å². The van der Waals surface area contributed by atoms with E-state index in [0.717, 1.165) is 12.8 Å². The van der Waals surface area contributed by atoms with Gasteiger partial charge in [0.05, 0.1) is 12.1 Å². The van der Waals surface area contributed by atoms with Crippen LogP contribution in [0.1, 0.15) is 39.5 Å². The Balaban J connectivity index is 2.03. The summed E-state index contributed by atoms with van der Waals surface area (Å²) >= 11 is 0. The summed E-state index contributed by atoms with van der Waals surface area (Å²) in [6.07, 6.45) is 4.84. The Labute approximate surface area is 85.2 Å². The lowest BCUT2D eigenvalue weighted by molar-refractivity contribution is -0.141. The SMILES string of the molecule is CCC1(C)CCC2OCC(=O)NC2C1. The number of fused-ring (bicyclic) bond motifs is 1. The molecule has 1 amide bonds. The van der Waals surface area contributed by atoms with E-state index in [-0.39, 0.29) is 24.7 Å². The van der Waals surface area contributed by atoms with Gasteiger partial charge in [-0.3, -0.25) is 4.79 Å². The monoisotopic (exact) mass is 197 g/mol. The number of morpholine rings is 1. The zero-order valence-electron chi connectivity index (χ0n) is 9.01. The number of nitrogens with one attached hydrogen (secondary N) is 1. The van der Waals surface area contributed by atoms with Gasteiger partial charge in [0.2, 0.25) is 5.91 Å². The molecule has 1 saturated carbocycles. The summed E-state index contributed by atoms with van der Waals surface area (Å²) in [6, 6.07) is 0.259. The van der Waals surface area contributed by atoms with Crippen molar-refractivity contribution in [2.45, 2.75) is 51.7 Å². The third-order valence-corrected chi connectivity index (χ3v) is 3.82. The van der Waals surface area contributed by atoms with Crippen LogP contribution in [0, 0.1) is 5.41 Å². The lowest BCUT2D eigenvalue weighted by Crippen LogP contribution is -2.55. The maximum absolute atomic E-state index is 11.2. The minimum Gasteiger partial charge on any atom is -0.366 e. The van der Waals surface area contributed by atoms with Crippen LogP contribution in [-0.4, -0.2) is 24.7 Å². The zero-order chi connectivity index (χ0) is 10.2. The average Bonchev–Trinajstić information content (AvgIpc) is 2.17. The molecule has 14 heavy (non-hydrogen) atoms. The van der Waals surface area contributed by atoms with Crippen molar-refractivity contribution < 1.29 is 9.53 Å². The van der Waals surface area contributed by atoms with Gasteiger partial charge < -0.3 is 10.1 Å². The van der Waals surface area contributed by atoms with Gasteiger partial charge in [0, 0.05) is 0 Å². The van der Waals surface area contributed by atoms with Gasteiger partial charge in [-0.2, -0.15) is 0 Å². The van der Waals surface area contributed by atoms with Crippen LogP contribution in [0.3, 0.4) is 0 Å². The maximum Gasteiger partial charge on any atom is 0.246 e. The molecule has 1 aliphatic carbocycles. The zero-order valence-corrected chi connectivity index (χ0v) is 9.01. The van der Waals surface area contributed by atoms with Gasteiger partial charge in [0.25, 0.3) is 0 Å². The molecule has 3 nitrogen and oxygen atoms in total. The molecule has 0 bridgehead atoms. The minimum absolute atomic E-state index is 0.0478. The van der Waals surface area contributed by atoms with E-state index in [0.29, 0.717) is 5.41 Å². The fraction of sp³-hybridized carbons (Fsp3) is 0.909. The Hall–Kier alpha value is -0.570. The molecule has 0 aromatic rings. The Kier molecular flexibility index (Phi) is 2.52. The summed E-state index contributed by atoms with van der Waals surface area (Å²) < 4.78 is 5.52. The first kappa shape index (κ1) is 9.97. The van der Waals surface area contributed by atoms with Crippen LogP contribution < -0.4 is 5.32 Å². The van der Waals surface area contributed by atoms with E-state index in [1.165, 1.54) is 12.8 Å². The van der Waals surface area contributed by atoms with Crippen molar-refractivity contribution in [3.8, 4) is 0 Å². The van der Waals surface area contributed by atoms with Crippen molar-refractivity contribution in [2.24, 2.45) is 5.41 Å². The topological polar surface area (TPSA) is 38.3 Å². The molecule has 0 spiro atoms. The van der Waals surface area contributed by atoms with Gasteiger partial charge in [-0.1, -0.05) is 20.3 Å². The molecule has 3 heteroatoms. The van der Waals surface area contributed by atoms with Gasteiger partial charge in [0.1, 0.15) is 6.61 Å². The fourth-order valence-corrected chi connectivity index (χ4v) is 2.55. The molecule has 1 heterocycles. The van der Waals surface area contributed by atoms with Crippen molar-refractivity contribution in [2.75, 3.05) is 6.61 Å². The molecule has 1 aliphatic heterocycles. The number of amides is 1. The molecule has 2 aliphatic rings. The van der Waals surface area contributed by atoms with Crippen LogP contribution in [0.5, 0.6) is 0 Å². The van der Waals surface area contributed by atoms with Crippen LogP contribution in [0.25, 0.3) is 0 Å². The molecular weight excluding hydrogens is 178 g/mol. The Morgan fingerprint density at radius 2 is 2.43 bits per heavy atom. The minimum atomic E-state index is 0.0478. The van der Waals surface area contributed by atoms with E-state index in [1.807, 2.05) is 0 Å². The van der Waals surface area contributed by atoms with Gasteiger partial charge in [-0.15, -0.1) is 0 Å². The molecule has 80 valence electrons. The largest absolute Gasteiger partial charge is 0.366 e. The number of carbonyl (C=O) groups is 1. The summed E-state index contributed by atoms with van der Waals surface area (Å²) in [6.45, 7) is 4.79. The number of hydrogen-bond donors (Lipinski definition) is 1. The molecule has 2 rings (SSSR count). The molecule has 1 saturated heterocycles. The number of rotatable bonds is 1. The highest BCUT2D eigenvalue weighted by molar-refractivity contribution is 5.78. The fourth-order valence-electron chi connectivity index (χ4n) is 2.55. The normalized spacial score (nSPS) is 42.9. The predicted octanol–water partition coefficient (Wildman–Crippen LogP) is 1.47. The second-order valence-corrected chi connectivity index (χ2v) is 4.93. The van der Waals surface area contributed by atoms with Crippen molar-refractivity contribution in [1.29, 1.82) is 0 Å². The first-order chi connectivity index (χ1) is 6.63. The van der Waals surface area contributed by atoms with Crippen molar-refractivity contribution in [1.82, 2.24) is 5.32 Å². The highest BCUT2D eigenvalue weighted by Gasteiger charge is 2.40. The van der Waals surface area contributed by atoms with E-state index in [4.69, 9.17) is 4.74 Å². The molecule has 0 radical (unpaired) electrons. The first-order valence-corrected chi connectivity index (χ1v) is 5.54. The summed E-state index contributed by atoms with van der Waals surface area (Å²) in [5, 5.41) is 3.04. The van der Waals surface area contributed by atoms with Gasteiger partial charge in [-0.05, 0) is 24.7 Å². The van der Waals surface area contributed by atoms with Crippen molar-refractivity contribution >= 4 is 5.91 Å². The number of hydrogen-bond acceptors (Lipinski definition) is 2. The predicted molar refractivity (Wildman–Crippen MR) is 53.9 cm³/mol. The molecule has 3 atom stereocenters. The molecule has 3 unspecified atom stereocenters. The highest BCUT2D eigenvalue weighted by atomic mass is 16.5. The van der Waals surface area contributed by atoms with Crippen LogP contribution in [-0.2, 0) is 9.53 Å². The number of carbonyl (C=O) groups excluding carboxylic acids is 1. The van der Waals surface area contributed by atoms with E-state index in [1.54, 1.807) is 0 Å². The Morgan fingerprint density at radius 1 is 1.64 bits per heavy atom. The van der Waals surface area contributed by atoms with Crippen LogP contribution >= 0.6 is 0 Å². The van der Waals surface area contributed by atoms with E-state index in [2.05, 4.69) is 19.2 Å². The molecule has 0 aromatic carbocycles. The molecule has 2 fully saturated rings.